The first-order valence-electron chi connectivity index (χ1n) is 5.78. The lowest BCUT2D eigenvalue weighted by molar-refractivity contribution is 0.155. The van der Waals surface area contributed by atoms with Gasteiger partial charge in [0, 0.05) is 91.5 Å². The van der Waals surface area contributed by atoms with Crippen molar-refractivity contribution in [1.82, 2.24) is 11.1 Å². The van der Waals surface area contributed by atoms with E-state index in [1.807, 2.05) is 0 Å². The van der Waals surface area contributed by atoms with Crippen molar-refractivity contribution in [2.45, 2.75) is 12.8 Å². The first-order chi connectivity index (χ1) is 7.24. The second kappa shape index (κ2) is 6.32. The average Bonchev–Trinajstić information content (AvgIpc) is 2.25. The van der Waals surface area contributed by atoms with E-state index >= 15 is 0 Å². The van der Waals surface area contributed by atoms with Crippen LogP contribution >= 0.6 is 45.7 Å². The molecule has 2 aliphatic rings. The first kappa shape index (κ1) is 12.8. The Morgan fingerprint density at radius 1 is 0.800 bits per heavy atom. The number of hydrogen-bond acceptors (Lipinski definition) is 3. The first-order valence-corrected chi connectivity index (χ1v) is 7.71. The van der Waals surface area contributed by atoms with Gasteiger partial charge in [-0.2, -0.15) is 0 Å². The highest BCUT2D eigenvalue weighted by Gasteiger charge is 2.22. The van der Waals surface area contributed by atoms with Crippen molar-refractivity contribution in [2.75, 3.05) is 45.8 Å². The van der Waals surface area contributed by atoms with Crippen LogP contribution in [0, 0.1) is 5.92 Å². The van der Waals surface area contributed by atoms with Gasteiger partial charge in [0.2, 0.25) is 0 Å². The Morgan fingerprint density at radius 3 is 1.93 bits per heavy atom. The van der Waals surface area contributed by atoms with Crippen molar-refractivity contribution in [3.63, 3.8) is 0 Å². The Balaban J connectivity index is 1.68. The van der Waals surface area contributed by atoms with Gasteiger partial charge in [0.25, 0.3) is 0 Å². The Bertz CT molecular complexity index is 167. The lowest BCUT2D eigenvalue weighted by Gasteiger charge is -2.36. The Morgan fingerprint density at radius 2 is 1.33 bits per heavy atom. The molecule has 5 heteroatoms. The minimum absolute atomic E-state index is 0.955. The van der Waals surface area contributed by atoms with Gasteiger partial charge in [-0.15, -0.1) is 0 Å². The van der Waals surface area contributed by atoms with Crippen molar-refractivity contribution in [3.8, 4) is 0 Å². The summed E-state index contributed by atoms with van der Waals surface area (Å²) in [6.45, 7) is 8.95. The third-order valence-electron chi connectivity index (χ3n) is 3.39. The number of rotatable bonds is 2. The van der Waals surface area contributed by atoms with E-state index in [9.17, 15) is 0 Å². The highest BCUT2D eigenvalue weighted by molar-refractivity contribution is 14.1. The van der Waals surface area contributed by atoms with Gasteiger partial charge in [-0.05, 0) is 18.8 Å². The Labute approximate surface area is 121 Å². The third-order valence-corrected chi connectivity index (χ3v) is 5.32. The van der Waals surface area contributed by atoms with Gasteiger partial charge >= 0.3 is 0 Å². The summed E-state index contributed by atoms with van der Waals surface area (Å²) in [6, 6.07) is 0. The summed E-state index contributed by atoms with van der Waals surface area (Å²) >= 11 is 4.89. The fourth-order valence-corrected chi connectivity index (χ4v) is 3.34. The van der Waals surface area contributed by atoms with Gasteiger partial charge in [0.05, 0.1) is 0 Å². The van der Waals surface area contributed by atoms with Crippen molar-refractivity contribution in [2.24, 2.45) is 5.92 Å². The second-order valence-corrected chi connectivity index (χ2v) is 7.29. The molecular weight excluding hydrogens is 416 g/mol. The number of halogens is 2. The fraction of sp³-hybridized carbons (Fsp3) is 1.00. The largest absolute Gasteiger partial charge is 0.300 e. The van der Waals surface area contributed by atoms with Crippen LogP contribution in [0.2, 0.25) is 0 Å². The maximum Gasteiger partial charge on any atom is 0.0209 e. The van der Waals surface area contributed by atoms with Gasteiger partial charge in [0.1, 0.15) is 0 Å². The number of nitrogens with zero attached hydrogens (tertiary/aromatic N) is 3. The molecule has 2 saturated heterocycles. The SMILES string of the molecule is IN1CCC(CN2CCN(I)CC2)CC1. The van der Waals surface area contributed by atoms with Crippen LogP contribution in [0.25, 0.3) is 0 Å². The van der Waals surface area contributed by atoms with Crippen LogP contribution in [0.15, 0.2) is 0 Å². The van der Waals surface area contributed by atoms with Crippen molar-refractivity contribution >= 4 is 45.7 Å². The molecule has 0 N–H and O–H groups in total. The fourth-order valence-electron chi connectivity index (χ4n) is 2.36. The summed E-state index contributed by atoms with van der Waals surface area (Å²) in [7, 11) is 0. The maximum atomic E-state index is 2.66. The minimum atomic E-state index is 0.955. The van der Waals surface area contributed by atoms with E-state index in [0.717, 1.165) is 5.92 Å². The summed E-state index contributed by atoms with van der Waals surface area (Å²) in [5, 5.41) is 0. The molecule has 0 saturated carbocycles. The van der Waals surface area contributed by atoms with Gasteiger partial charge < -0.3 is 4.90 Å². The van der Waals surface area contributed by atoms with E-state index in [1.54, 1.807) is 0 Å². The molecule has 0 unspecified atom stereocenters. The highest BCUT2D eigenvalue weighted by Crippen LogP contribution is 2.21. The van der Waals surface area contributed by atoms with Gasteiger partial charge in [-0.1, -0.05) is 0 Å². The van der Waals surface area contributed by atoms with Crippen LogP contribution in [0.3, 0.4) is 0 Å². The molecule has 2 fully saturated rings. The number of hydrogen-bond donors (Lipinski definition) is 0. The molecule has 2 heterocycles. The van der Waals surface area contributed by atoms with E-state index in [-0.39, 0.29) is 0 Å². The molecule has 0 amide bonds. The second-order valence-electron chi connectivity index (χ2n) is 4.56. The van der Waals surface area contributed by atoms with Crippen LogP contribution in [-0.2, 0) is 0 Å². The lowest BCUT2D eigenvalue weighted by Crippen LogP contribution is -2.45. The van der Waals surface area contributed by atoms with E-state index < -0.39 is 0 Å². The maximum absolute atomic E-state index is 2.66. The third kappa shape index (κ3) is 4.25. The van der Waals surface area contributed by atoms with Crippen LogP contribution in [0.4, 0.5) is 0 Å². The van der Waals surface area contributed by atoms with Gasteiger partial charge in [-0.3, -0.25) is 0 Å². The standard InChI is InChI=1S/C10H19I2N3/c11-14-3-1-10(2-4-14)9-13-5-7-15(12)8-6-13/h10H,1-9H2. The van der Waals surface area contributed by atoms with Crippen LogP contribution in [-0.4, -0.2) is 56.9 Å². The molecule has 3 nitrogen and oxygen atoms in total. The molecule has 0 aromatic heterocycles. The molecule has 0 aliphatic carbocycles. The molecule has 0 bridgehead atoms. The van der Waals surface area contributed by atoms with Gasteiger partial charge in [-0.25, -0.2) is 6.23 Å². The molecule has 0 aromatic carbocycles. The highest BCUT2D eigenvalue weighted by atomic mass is 127. The number of piperidine rings is 1. The predicted molar refractivity (Wildman–Crippen MR) is 80.4 cm³/mol. The van der Waals surface area contributed by atoms with Crippen molar-refractivity contribution in [3.05, 3.63) is 0 Å². The van der Waals surface area contributed by atoms with E-state index in [1.165, 1.54) is 58.7 Å². The van der Waals surface area contributed by atoms with Crippen LogP contribution in [0.5, 0.6) is 0 Å². The lowest BCUT2D eigenvalue weighted by atomic mass is 9.97. The minimum Gasteiger partial charge on any atom is -0.300 e. The molecule has 0 radical (unpaired) electrons. The molecular formula is C10H19I2N3. The summed E-state index contributed by atoms with van der Waals surface area (Å²) in [6.07, 6.45) is 2.79. The van der Waals surface area contributed by atoms with Gasteiger partial charge in [0.15, 0.2) is 0 Å². The predicted octanol–water partition coefficient (Wildman–Crippen LogP) is 2.02. The zero-order chi connectivity index (χ0) is 10.7. The molecule has 0 aromatic rings. The molecule has 0 spiro atoms. The van der Waals surface area contributed by atoms with Crippen molar-refractivity contribution < 1.29 is 0 Å². The van der Waals surface area contributed by atoms with E-state index in [4.69, 9.17) is 0 Å². The van der Waals surface area contributed by atoms with Crippen molar-refractivity contribution in [1.29, 1.82) is 0 Å². The zero-order valence-corrected chi connectivity index (χ0v) is 13.4. The normalized spacial score (nSPS) is 28.4. The molecule has 0 atom stereocenters. The quantitative estimate of drug-likeness (QED) is 0.486. The zero-order valence-electron chi connectivity index (χ0n) is 9.04. The molecule has 88 valence electrons. The smallest absolute Gasteiger partial charge is 0.0209 e. The Kier molecular flexibility index (Phi) is 5.39. The summed E-state index contributed by atoms with van der Waals surface area (Å²) in [5.41, 5.74) is 0. The van der Waals surface area contributed by atoms with E-state index in [0.29, 0.717) is 0 Å². The summed E-state index contributed by atoms with van der Waals surface area (Å²) < 4.78 is 4.83. The summed E-state index contributed by atoms with van der Waals surface area (Å²) in [5.74, 6) is 0.955. The summed E-state index contributed by atoms with van der Waals surface area (Å²) in [4.78, 5) is 2.66. The molecule has 2 rings (SSSR count). The number of piperazine rings is 1. The topological polar surface area (TPSA) is 9.72 Å². The molecule has 2 aliphatic heterocycles. The van der Waals surface area contributed by atoms with Crippen LogP contribution in [0.1, 0.15) is 12.8 Å². The van der Waals surface area contributed by atoms with Crippen LogP contribution < -0.4 is 0 Å². The van der Waals surface area contributed by atoms with E-state index in [2.05, 4.69) is 56.9 Å². The monoisotopic (exact) mass is 435 g/mol. The average molecular weight is 435 g/mol. The molecule has 15 heavy (non-hydrogen) atoms. The Hall–Kier alpha value is 1.34.